The van der Waals surface area contributed by atoms with E-state index >= 15 is 0 Å². The van der Waals surface area contributed by atoms with Crippen LogP contribution in [-0.4, -0.2) is 55.9 Å². The molecular formula is C14H21N5O3. The van der Waals surface area contributed by atoms with Gasteiger partial charge >= 0.3 is 5.69 Å². The molecule has 2 aromatic rings. The SMILES string of the molecule is CC(Cn1cnc2c1c(=O)n(C)c(=O)n2C)N1CCOCC1. The number of ether oxygens (including phenoxy) is 1. The first-order valence-electron chi connectivity index (χ1n) is 7.43. The van der Waals surface area contributed by atoms with E-state index in [1.807, 2.05) is 4.57 Å². The van der Waals surface area contributed by atoms with Crippen molar-refractivity contribution in [1.82, 2.24) is 23.6 Å². The van der Waals surface area contributed by atoms with Crippen molar-refractivity contribution in [3.8, 4) is 0 Å². The van der Waals surface area contributed by atoms with Crippen molar-refractivity contribution in [3.63, 3.8) is 0 Å². The minimum atomic E-state index is -0.357. The summed E-state index contributed by atoms with van der Waals surface area (Å²) in [5.41, 5.74) is 0.251. The van der Waals surface area contributed by atoms with Gasteiger partial charge in [-0.25, -0.2) is 9.78 Å². The van der Waals surface area contributed by atoms with Gasteiger partial charge in [0.2, 0.25) is 0 Å². The third-order valence-electron chi connectivity index (χ3n) is 4.35. The van der Waals surface area contributed by atoms with Gasteiger partial charge in [0, 0.05) is 39.8 Å². The summed E-state index contributed by atoms with van der Waals surface area (Å²) in [5.74, 6) is 0. The summed E-state index contributed by atoms with van der Waals surface area (Å²) in [6.07, 6.45) is 1.64. The molecule has 2 aromatic heterocycles. The first-order chi connectivity index (χ1) is 10.5. The van der Waals surface area contributed by atoms with E-state index in [9.17, 15) is 9.59 Å². The number of morpholine rings is 1. The van der Waals surface area contributed by atoms with E-state index in [-0.39, 0.29) is 17.3 Å². The predicted octanol–water partition coefficient (Wildman–Crippen LogP) is -0.846. The lowest BCUT2D eigenvalue weighted by molar-refractivity contribution is 0.0171. The van der Waals surface area contributed by atoms with Crippen LogP contribution in [0.3, 0.4) is 0 Å². The molecule has 1 aliphatic heterocycles. The van der Waals surface area contributed by atoms with Crippen molar-refractivity contribution in [2.24, 2.45) is 14.1 Å². The van der Waals surface area contributed by atoms with E-state index in [1.165, 1.54) is 11.6 Å². The summed E-state index contributed by atoms with van der Waals surface area (Å²) in [7, 11) is 3.12. The number of aryl methyl sites for hydroxylation is 1. The minimum Gasteiger partial charge on any atom is -0.379 e. The maximum absolute atomic E-state index is 12.4. The Morgan fingerprint density at radius 1 is 1.23 bits per heavy atom. The van der Waals surface area contributed by atoms with Crippen LogP contribution in [0, 0.1) is 0 Å². The first-order valence-corrected chi connectivity index (χ1v) is 7.43. The lowest BCUT2D eigenvalue weighted by Crippen LogP contribution is -2.44. The maximum Gasteiger partial charge on any atom is 0.332 e. The van der Waals surface area contributed by atoms with Crippen molar-refractivity contribution < 1.29 is 4.74 Å². The summed E-state index contributed by atoms with van der Waals surface area (Å²) in [6, 6.07) is 0.267. The van der Waals surface area contributed by atoms with Gasteiger partial charge in [-0.15, -0.1) is 0 Å². The molecule has 8 nitrogen and oxygen atoms in total. The zero-order valence-electron chi connectivity index (χ0n) is 13.2. The van der Waals surface area contributed by atoms with Crippen molar-refractivity contribution in [3.05, 3.63) is 27.2 Å². The average molecular weight is 307 g/mol. The minimum absolute atomic E-state index is 0.267. The summed E-state index contributed by atoms with van der Waals surface area (Å²) < 4.78 is 9.75. The molecule has 0 aromatic carbocycles. The molecule has 22 heavy (non-hydrogen) atoms. The van der Waals surface area contributed by atoms with Crippen molar-refractivity contribution in [2.75, 3.05) is 26.3 Å². The Bertz CT molecular complexity index is 797. The van der Waals surface area contributed by atoms with Crippen LogP contribution < -0.4 is 11.2 Å². The fourth-order valence-electron chi connectivity index (χ4n) is 2.95. The molecule has 120 valence electrons. The highest BCUT2D eigenvalue weighted by Crippen LogP contribution is 2.10. The Morgan fingerprint density at radius 3 is 2.59 bits per heavy atom. The number of nitrogens with zero attached hydrogens (tertiary/aromatic N) is 5. The van der Waals surface area contributed by atoms with Crippen molar-refractivity contribution in [2.45, 2.75) is 19.5 Å². The lowest BCUT2D eigenvalue weighted by Gasteiger charge is -2.32. The molecule has 1 fully saturated rings. The van der Waals surface area contributed by atoms with Gasteiger partial charge in [0.05, 0.1) is 19.5 Å². The van der Waals surface area contributed by atoms with Gasteiger partial charge in [0.15, 0.2) is 11.2 Å². The third kappa shape index (κ3) is 2.38. The van der Waals surface area contributed by atoms with E-state index in [4.69, 9.17) is 4.74 Å². The fraction of sp³-hybridized carbons (Fsp3) is 0.643. The number of hydrogen-bond donors (Lipinski definition) is 0. The number of imidazole rings is 1. The van der Waals surface area contributed by atoms with Gasteiger partial charge in [-0.2, -0.15) is 0 Å². The summed E-state index contributed by atoms with van der Waals surface area (Å²) >= 11 is 0. The summed E-state index contributed by atoms with van der Waals surface area (Å²) in [5, 5.41) is 0. The van der Waals surface area contributed by atoms with E-state index in [0.29, 0.717) is 17.7 Å². The largest absolute Gasteiger partial charge is 0.379 e. The second-order valence-electron chi connectivity index (χ2n) is 5.77. The Hall–Kier alpha value is -1.93. The van der Waals surface area contributed by atoms with Crippen molar-refractivity contribution >= 4 is 11.2 Å². The van der Waals surface area contributed by atoms with Crippen LogP contribution in [0.4, 0.5) is 0 Å². The molecule has 0 amide bonds. The fourth-order valence-corrected chi connectivity index (χ4v) is 2.95. The molecule has 1 unspecified atom stereocenters. The normalized spacial score (nSPS) is 18.0. The average Bonchev–Trinajstić information content (AvgIpc) is 2.95. The van der Waals surface area contributed by atoms with Crippen LogP contribution in [-0.2, 0) is 25.4 Å². The number of rotatable bonds is 3. The highest BCUT2D eigenvalue weighted by molar-refractivity contribution is 5.69. The molecule has 1 saturated heterocycles. The lowest BCUT2D eigenvalue weighted by atomic mass is 10.2. The second kappa shape index (κ2) is 5.69. The quantitative estimate of drug-likeness (QED) is 0.739. The van der Waals surface area contributed by atoms with Gasteiger partial charge in [-0.1, -0.05) is 0 Å². The van der Waals surface area contributed by atoms with Crippen LogP contribution in [0.25, 0.3) is 11.2 Å². The Kier molecular flexibility index (Phi) is 3.88. The van der Waals surface area contributed by atoms with Gasteiger partial charge in [0.25, 0.3) is 5.56 Å². The van der Waals surface area contributed by atoms with Gasteiger partial charge < -0.3 is 9.30 Å². The highest BCUT2D eigenvalue weighted by Gasteiger charge is 2.20. The predicted molar refractivity (Wildman–Crippen MR) is 82.1 cm³/mol. The van der Waals surface area contributed by atoms with Gasteiger partial charge in [-0.05, 0) is 6.92 Å². The molecule has 0 radical (unpaired) electrons. The number of fused-ring (bicyclic) bond motifs is 1. The van der Waals surface area contributed by atoms with E-state index in [2.05, 4.69) is 16.8 Å². The van der Waals surface area contributed by atoms with Crippen LogP contribution in [0.2, 0.25) is 0 Å². The summed E-state index contributed by atoms with van der Waals surface area (Å²) in [4.78, 5) is 30.9. The van der Waals surface area contributed by atoms with Gasteiger partial charge in [0.1, 0.15) is 0 Å². The molecule has 0 bridgehead atoms. The summed E-state index contributed by atoms with van der Waals surface area (Å²) in [6.45, 7) is 6.05. The van der Waals surface area contributed by atoms with E-state index in [1.54, 1.807) is 13.4 Å². The second-order valence-corrected chi connectivity index (χ2v) is 5.77. The molecule has 0 N–H and O–H groups in total. The van der Waals surface area contributed by atoms with Crippen molar-refractivity contribution in [1.29, 1.82) is 0 Å². The molecule has 1 aliphatic rings. The van der Waals surface area contributed by atoms with Crippen LogP contribution in [0.5, 0.6) is 0 Å². The van der Waals surface area contributed by atoms with E-state index in [0.717, 1.165) is 30.9 Å². The topological polar surface area (TPSA) is 74.3 Å². The van der Waals surface area contributed by atoms with Crippen LogP contribution in [0.15, 0.2) is 15.9 Å². The van der Waals surface area contributed by atoms with Crippen LogP contribution in [0.1, 0.15) is 6.92 Å². The zero-order valence-corrected chi connectivity index (χ0v) is 13.2. The number of aromatic nitrogens is 4. The molecule has 0 aliphatic carbocycles. The molecule has 0 spiro atoms. The van der Waals surface area contributed by atoms with Gasteiger partial charge in [-0.3, -0.25) is 18.8 Å². The van der Waals surface area contributed by atoms with Crippen LogP contribution >= 0.6 is 0 Å². The molecule has 3 rings (SSSR count). The monoisotopic (exact) mass is 307 g/mol. The van der Waals surface area contributed by atoms with E-state index < -0.39 is 0 Å². The third-order valence-corrected chi connectivity index (χ3v) is 4.35. The standard InChI is InChI=1S/C14H21N5O3/c1-10(18-4-6-22-7-5-18)8-19-9-15-12-11(19)13(20)17(3)14(21)16(12)2/h9-10H,4-8H2,1-3H3. The maximum atomic E-state index is 12.4. The highest BCUT2D eigenvalue weighted by atomic mass is 16.5. The smallest absolute Gasteiger partial charge is 0.332 e. The first kappa shape index (κ1) is 15.0. The number of hydrogen-bond acceptors (Lipinski definition) is 5. The molecule has 8 heteroatoms. The molecule has 1 atom stereocenters. The molecule has 0 saturated carbocycles. The zero-order chi connectivity index (χ0) is 15.9. The molecular weight excluding hydrogens is 286 g/mol. The Morgan fingerprint density at radius 2 is 1.91 bits per heavy atom. The Labute approximate surface area is 127 Å². The Balaban J connectivity index is 1.98. The molecule has 3 heterocycles.